The van der Waals surface area contributed by atoms with E-state index in [1.807, 2.05) is 0 Å². The van der Waals surface area contributed by atoms with Gasteiger partial charge in [0.1, 0.15) is 12.2 Å². The second-order valence-corrected chi connectivity index (χ2v) is 3.27. The van der Waals surface area contributed by atoms with Crippen LogP contribution in [0.25, 0.3) is 0 Å². The fourth-order valence-corrected chi connectivity index (χ4v) is 1.21. The predicted octanol–water partition coefficient (Wildman–Crippen LogP) is 1.86. The Morgan fingerprint density at radius 3 is 2.73 bits per heavy atom. The Morgan fingerprint density at radius 2 is 2.13 bits per heavy atom. The molecule has 4 nitrogen and oxygen atoms in total. The molecule has 1 rings (SSSR count). The van der Waals surface area contributed by atoms with Gasteiger partial charge in [-0.15, -0.1) is 0 Å². The van der Waals surface area contributed by atoms with Gasteiger partial charge in [-0.2, -0.15) is 5.26 Å². The minimum Gasteiger partial charge on any atom is -0.508 e. The van der Waals surface area contributed by atoms with Crippen LogP contribution in [0.4, 0.5) is 5.69 Å². The molecular formula is C11H12N2O2. The molecule has 0 aliphatic carbocycles. The van der Waals surface area contributed by atoms with Crippen LogP contribution in [-0.4, -0.2) is 11.0 Å². The van der Waals surface area contributed by atoms with Gasteiger partial charge in [0.05, 0.1) is 6.07 Å². The van der Waals surface area contributed by atoms with Crippen LogP contribution in [0.1, 0.15) is 17.5 Å². The van der Waals surface area contributed by atoms with Crippen molar-refractivity contribution in [3.8, 4) is 11.8 Å². The quantitative estimate of drug-likeness (QED) is 0.722. The summed E-state index contributed by atoms with van der Waals surface area (Å²) in [6.07, 6.45) is -0.167. The molecule has 1 aromatic rings. The lowest BCUT2D eigenvalue weighted by Gasteiger charge is -2.10. The summed E-state index contributed by atoms with van der Waals surface area (Å²) in [4.78, 5) is 11.2. The number of phenolic OH excluding ortho intramolecular Hbond substituents is 1. The van der Waals surface area contributed by atoms with Crippen molar-refractivity contribution in [1.29, 1.82) is 5.26 Å². The molecule has 15 heavy (non-hydrogen) atoms. The van der Waals surface area contributed by atoms with Crippen LogP contribution in [0.5, 0.6) is 5.75 Å². The first kappa shape index (κ1) is 11.1. The van der Waals surface area contributed by atoms with Crippen molar-refractivity contribution in [2.75, 3.05) is 5.32 Å². The third-order valence-electron chi connectivity index (χ3n) is 2.27. The third-order valence-corrected chi connectivity index (χ3v) is 2.27. The highest BCUT2D eigenvalue weighted by molar-refractivity contribution is 5.93. The number of hydrogen-bond acceptors (Lipinski definition) is 3. The number of nitriles is 1. The minimum atomic E-state index is -0.342. The lowest BCUT2D eigenvalue weighted by atomic mass is 10.1. The molecule has 0 aliphatic rings. The number of nitrogens with zero attached hydrogens (tertiary/aromatic N) is 1. The van der Waals surface area contributed by atoms with E-state index in [0.717, 1.165) is 11.1 Å². The normalized spacial score (nSPS) is 9.40. The smallest absolute Gasteiger partial charge is 0.238 e. The molecular weight excluding hydrogens is 192 g/mol. The molecule has 0 unspecified atom stereocenters. The molecule has 0 aromatic heterocycles. The van der Waals surface area contributed by atoms with Crippen molar-refractivity contribution >= 4 is 11.6 Å². The predicted molar refractivity (Wildman–Crippen MR) is 56.4 cm³/mol. The van der Waals surface area contributed by atoms with Gasteiger partial charge in [-0.05, 0) is 37.1 Å². The van der Waals surface area contributed by atoms with Crippen LogP contribution < -0.4 is 5.32 Å². The first-order valence-corrected chi connectivity index (χ1v) is 4.52. The number of phenols is 1. The van der Waals surface area contributed by atoms with Crippen LogP contribution >= 0.6 is 0 Å². The molecule has 0 saturated heterocycles. The van der Waals surface area contributed by atoms with Gasteiger partial charge in [-0.3, -0.25) is 4.79 Å². The van der Waals surface area contributed by atoms with Crippen molar-refractivity contribution in [2.45, 2.75) is 20.3 Å². The molecule has 1 amide bonds. The maximum Gasteiger partial charge on any atom is 0.238 e. The molecule has 0 heterocycles. The molecule has 0 spiro atoms. The largest absolute Gasteiger partial charge is 0.508 e. The van der Waals surface area contributed by atoms with Gasteiger partial charge in [0.15, 0.2) is 0 Å². The van der Waals surface area contributed by atoms with Gasteiger partial charge in [0, 0.05) is 5.69 Å². The molecule has 0 bridgehead atoms. The number of nitrogens with one attached hydrogen (secondary N) is 1. The maximum atomic E-state index is 11.2. The number of amides is 1. The zero-order valence-corrected chi connectivity index (χ0v) is 8.66. The van der Waals surface area contributed by atoms with Crippen LogP contribution in [0.15, 0.2) is 12.1 Å². The number of anilines is 1. The Labute approximate surface area is 88.2 Å². The molecule has 0 saturated carbocycles. The molecule has 0 atom stereocenters. The topological polar surface area (TPSA) is 73.1 Å². The average molecular weight is 204 g/mol. The second-order valence-electron chi connectivity index (χ2n) is 3.27. The molecule has 1 aromatic carbocycles. The number of hydrogen-bond donors (Lipinski definition) is 2. The van der Waals surface area contributed by atoms with E-state index in [2.05, 4.69) is 5.32 Å². The van der Waals surface area contributed by atoms with E-state index in [0.29, 0.717) is 5.69 Å². The molecule has 4 heteroatoms. The minimum absolute atomic E-state index is 0.167. The highest BCUT2D eigenvalue weighted by atomic mass is 16.3. The summed E-state index contributed by atoms with van der Waals surface area (Å²) in [7, 11) is 0. The molecule has 2 N–H and O–H groups in total. The summed E-state index contributed by atoms with van der Waals surface area (Å²) in [6.45, 7) is 3.57. The monoisotopic (exact) mass is 204 g/mol. The zero-order chi connectivity index (χ0) is 11.4. The van der Waals surface area contributed by atoms with Gasteiger partial charge < -0.3 is 10.4 Å². The van der Waals surface area contributed by atoms with Gasteiger partial charge >= 0.3 is 0 Å². The number of benzene rings is 1. The van der Waals surface area contributed by atoms with Crippen molar-refractivity contribution in [3.63, 3.8) is 0 Å². The summed E-state index contributed by atoms with van der Waals surface area (Å²) < 4.78 is 0. The van der Waals surface area contributed by atoms with E-state index in [1.54, 1.807) is 26.0 Å². The van der Waals surface area contributed by atoms with E-state index in [-0.39, 0.29) is 18.1 Å². The van der Waals surface area contributed by atoms with Crippen LogP contribution in [-0.2, 0) is 4.79 Å². The Balaban J connectivity index is 2.93. The van der Waals surface area contributed by atoms with Crippen molar-refractivity contribution < 1.29 is 9.90 Å². The summed E-state index contributed by atoms with van der Waals surface area (Å²) in [5.41, 5.74) is 2.16. The molecule has 0 radical (unpaired) electrons. The third kappa shape index (κ3) is 2.47. The average Bonchev–Trinajstić information content (AvgIpc) is 2.20. The van der Waals surface area contributed by atoms with Crippen LogP contribution in [0, 0.1) is 25.2 Å². The van der Waals surface area contributed by atoms with Crippen LogP contribution in [0.2, 0.25) is 0 Å². The number of carbonyl (C=O) groups excluding carboxylic acids is 1. The second kappa shape index (κ2) is 4.47. The Hall–Kier alpha value is -2.02. The zero-order valence-electron chi connectivity index (χ0n) is 8.66. The first-order valence-electron chi connectivity index (χ1n) is 4.52. The van der Waals surface area contributed by atoms with Gasteiger partial charge in [0.2, 0.25) is 5.91 Å². The summed E-state index contributed by atoms with van der Waals surface area (Å²) in [5, 5.41) is 20.3. The van der Waals surface area contributed by atoms with Crippen molar-refractivity contribution in [1.82, 2.24) is 0 Å². The molecule has 78 valence electrons. The highest BCUT2D eigenvalue weighted by Crippen LogP contribution is 2.26. The summed E-state index contributed by atoms with van der Waals surface area (Å²) in [5.74, 6) is -0.142. The molecule has 0 aliphatic heterocycles. The fourth-order valence-electron chi connectivity index (χ4n) is 1.21. The first-order chi connectivity index (χ1) is 7.06. The lowest BCUT2D eigenvalue weighted by molar-refractivity contribution is -0.115. The van der Waals surface area contributed by atoms with E-state index >= 15 is 0 Å². The maximum absolute atomic E-state index is 11.2. The Bertz CT molecular complexity index is 433. The van der Waals surface area contributed by atoms with E-state index < -0.39 is 0 Å². The highest BCUT2D eigenvalue weighted by Gasteiger charge is 2.07. The van der Waals surface area contributed by atoms with Crippen LogP contribution in [0.3, 0.4) is 0 Å². The Morgan fingerprint density at radius 1 is 1.47 bits per heavy atom. The fraction of sp³-hybridized carbons (Fsp3) is 0.273. The number of aromatic hydroxyl groups is 1. The molecule has 0 fully saturated rings. The van der Waals surface area contributed by atoms with E-state index in [9.17, 15) is 9.90 Å². The van der Waals surface area contributed by atoms with Gasteiger partial charge in [-0.25, -0.2) is 0 Å². The van der Waals surface area contributed by atoms with Gasteiger partial charge in [-0.1, -0.05) is 0 Å². The standard InChI is InChI=1S/C11H12N2O2/c1-7-8(2)10(14)4-3-9(7)13-11(15)5-6-12/h3-4,14H,5H2,1-2H3,(H,13,15). The summed E-state index contributed by atoms with van der Waals surface area (Å²) in [6, 6.07) is 4.91. The number of rotatable bonds is 2. The number of carbonyl (C=O) groups is 1. The van der Waals surface area contributed by atoms with Gasteiger partial charge in [0.25, 0.3) is 0 Å². The van der Waals surface area contributed by atoms with Crippen molar-refractivity contribution in [3.05, 3.63) is 23.3 Å². The summed E-state index contributed by atoms with van der Waals surface area (Å²) >= 11 is 0. The lowest BCUT2D eigenvalue weighted by Crippen LogP contribution is -2.11. The van der Waals surface area contributed by atoms with E-state index in [1.165, 1.54) is 6.07 Å². The van der Waals surface area contributed by atoms with Crippen molar-refractivity contribution in [2.24, 2.45) is 0 Å². The SMILES string of the molecule is Cc1c(O)ccc(NC(=O)CC#N)c1C. The van der Waals surface area contributed by atoms with E-state index in [4.69, 9.17) is 5.26 Å². The Kier molecular flexibility index (Phi) is 3.29.